The highest BCUT2D eigenvalue weighted by atomic mass is 16.5. The van der Waals surface area contributed by atoms with Gasteiger partial charge in [-0.1, -0.05) is 0 Å². The first kappa shape index (κ1) is 7.19. The first-order chi connectivity index (χ1) is 4.66. The summed E-state index contributed by atoms with van der Waals surface area (Å²) in [6, 6.07) is 0. The van der Waals surface area contributed by atoms with Crippen LogP contribution in [0.2, 0.25) is 0 Å². The molecule has 0 aromatic rings. The quantitative estimate of drug-likeness (QED) is 0.311. The van der Waals surface area contributed by atoms with E-state index < -0.39 is 0 Å². The number of allylic oxidation sites excluding steroid dienone is 2. The van der Waals surface area contributed by atoms with E-state index in [4.69, 9.17) is 4.74 Å². The lowest BCUT2D eigenvalue weighted by Gasteiger charge is -1.94. The third-order valence-electron chi connectivity index (χ3n) is 1.70. The number of carbonyl (C=O) groups is 1. The zero-order chi connectivity index (χ0) is 7.72. The number of esters is 1. The fourth-order valence-corrected chi connectivity index (χ4v) is 0.866. The largest absolute Gasteiger partial charge is 0.425 e. The second-order valence-corrected chi connectivity index (χ2v) is 2.29. The lowest BCUT2D eigenvalue weighted by molar-refractivity contribution is -0.132. The van der Waals surface area contributed by atoms with Crippen LogP contribution in [0, 0.1) is 0 Å². The molecule has 50 valence electrons. The number of carbonyl (C=O) groups excluding carboxylic acids is 1. The van der Waals surface area contributed by atoms with Crippen molar-refractivity contribution in [3.63, 3.8) is 0 Å². The number of cyclic esters (lactones) is 1. The third kappa shape index (κ3) is 0.897. The molecule has 0 saturated heterocycles. The second kappa shape index (κ2) is 2.37. The first-order valence-electron chi connectivity index (χ1n) is 3.23. The van der Waals surface area contributed by atoms with Gasteiger partial charge in [-0.3, -0.25) is 0 Å². The van der Waals surface area contributed by atoms with Gasteiger partial charge in [0.15, 0.2) is 0 Å². The summed E-state index contributed by atoms with van der Waals surface area (Å²) in [5.74, 6) is 0.480. The van der Waals surface area contributed by atoms with Gasteiger partial charge in [-0.2, -0.15) is 0 Å². The Morgan fingerprint density at radius 3 is 2.20 bits per heavy atom. The van der Waals surface area contributed by atoms with Crippen LogP contribution in [0.1, 0.15) is 6.92 Å². The van der Waals surface area contributed by atoms with Crippen LogP contribution in [0.25, 0.3) is 0 Å². The Bertz CT molecular complexity index is 240. The number of ether oxygens (including phenoxy) is 1. The van der Waals surface area contributed by atoms with Gasteiger partial charge in [-0.15, -0.1) is 0 Å². The summed E-state index contributed by atoms with van der Waals surface area (Å²) in [4.78, 5) is 10.8. The minimum Gasteiger partial charge on any atom is -0.425 e. The highest BCUT2D eigenvalue weighted by Gasteiger charge is 2.20. The van der Waals surface area contributed by atoms with Crippen LogP contribution in [0.4, 0.5) is 0 Å². The molecule has 10 heavy (non-hydrogen) atoms. The SMILES string of the molecule is BC1=C(B)/C(=C\C)OC1=O. The normalized spacial score (nSPS) is 22.1. The highest BCUT2D eigenvalue weighted by Crippen LogP contribution is 2.20. The molecule has 0 radical (unpaired) electrons. The average molecular weight is 134 g/mol. The molecular weight excluding hydrogens is 126 g/mol. The maximum Gasteiger partial charge on any atom is 0.329 e. The fourth-order valence-electron chi connectivity index (χ4n) is 0.866. The summed E-state index contributed by atoms with van der Waals surface area (Å²) in [6.45, 7) is 1.85. The van der Waals surface area contributed by atoms with Gasteiger partial charge >= 0.3 is 5.97 Å². The molecule has 0 spiro atoms. The fraction of sp³-hybridized carbons (Fsp3) is 0.167. The van der Waals surface area contributed by atoms with Crippen molar-refractivity contribution in [3.05, 3.63) is 22.8 Å². The van der Waals surface area contributed by atoms with Crippen LogP contribution in [-0.4, -0.2) is 21.7 Å². The van der Waals surface area contributed by atoms with Crippen LogP contribution in [0.3, 0.4) is 0 Å². The lowest BCUT2D eigenvalue weighted by Crippen LogP contribution is -1.97. The lowest BCUT2D eigenvalue weighted by atomic mass is 9.81. The molecule has 1 rings (SSSR count). The molecule has 0 N–H and O–H groups in total. The zero-order valence-corrected chi connectivity index (χ0v) is 6.39. The monoisotopic (exact) mass is 134 g/mol. The van der Waals surface area contributed by atoms with E-state index in [1.807, 2.05) is 14.8 Å². The Labute approximate surface area is 61.8 Å². The maximum atomic E-state index is 10.8. The molecule has 0 bridgehead atoms. The molecule has 2 nitrogen and oxygen atoms in total. The van der Waals surface area contributed by atoms with Crippen molar-refractivity contribution in [2.45, 2.75) is 6.92 Å². The average Bonchev–Trinajstić information content (AvgIpc) is 2.17. The Kier molecular flexibility index (Phi) is 1.70. The highest BCUT2D eigenvalue weighted by molar-refractivity contribution is 6.44. The molecule has 0 fully saturated rings. The zero-order valence-electron chi connectivity index (χ0n) is 6.39. The van der Waals surface area contributed by atoms with E-state index in [9.17, 15) is 4.79 Å². The minimum absolute atomic E-state index is 0.217. The number of rotatable bonds is 0. The predicted molar refractivity (Wildman–Crippen MR) is 44.0 cm³/mol. The molecule has 1 heterocycles. The van der Waals surface area contributed by atoms with E-state index >= 15 is 0 Å². The van der Waals surface area contributed by atoms with Gasteiger partial charge in [0.2, 0.25) is 0 Å². The van der Waals surface area contributed by atoms with Gasteiger partial charge < -0.3 is 4.74 Å². The maximum absolute atomic E-state index is 10.8. The van der Waals surface area contributed by atoms with Gasteiger partial charge in [0, 0.05) is 0 Å². The van der Waals surface area contributed by atoms with Crippen molar-refractivity contribution in [2.75, 3.05) is 0 Å². The van der Waals surface area contributed by atoms with Gasteiger partial charge in [-0.05, 0) is 23.9 Å². The molecule has 0 aromatic heterocycles. The van der Waals surface area contributed by atoms with Crippen LogP contribution < -0.4 is 0 Å². The van der Waals surface area contributed by atoms with Crippen molar-refractivity contribution in [3.8, 4) is 0 Å². The Morgan fingerprint density at radius 1 is 1.40 bits per heavy atom. The van der Waals surface area contributed by atoms with Crippen LogP contribution in [0.15, 0.2) is 22.8 Å². The topological polar surface area (TPSA) is 26.3 Å². The minimum atomic E-state index is -0.217. The molecule has 0 unspecified atom stereocenters. The molecular formula is C6H8B2O2. The predicted octanol–water partition coefficient (Wildman–Crippen LogP) is -1.08. The second-order valence-electron chi connectivity index (χ2n) is 2.29. The first-order valence-corrected chi connectivity index (χ1v) is 3.23. The summed E-state index contributed by atoms with van der Waals surface area (Å²) >= 11 is 0. The van der Waals surface area contributed by atoms with Crippen molar-refractivity contribution in [1.29, 1.82) is 0 Å². The summed E-state index contributed by atoms with van der Waals surface area (Å²) in [5, 5.41) is 0. The van der Waals surface area contributed by atoms with Crippen LogP contribution in [0.5, 0.6) is 0 Å². The van der Waals surface area contributed by atoms with Crippen molar-refractivity contribution in [2.24, 2.45) is 0 Å². The van der Waals surface area contributed by atoms with Gasteiger partial charge in [0.1, 0.15) is 21.5 Å². The molecule has 0 saturated carbocycles. The Balaban J connectivity index is 3.06. The van der Waals surface area contributed by atoms with Crippen LogP contribution in [-0.2, 0) is 9.53 Å². The van der Waals surface area contributed by atoms with Gasteiger partial charge in [-0.25, -0.2) is 4.79 Å². The summed E-state index contributed by atoms with van der Waals surface area (Å²) < 4.78 is 4.88. The Hall–Kier alpha value is -0.920. The standard InChI is InChI=1S/C6H8B2O2/c1-2-3-4(7)5(8)6(9)10-3/h2H,7-8H2,1H3/b3-2+. The molecule has 4 heteroatoms. The molecule has 0 aromatic carbocycles. The number of hydrogen-bond donors (Lipinski definition) is 0. The summed E-state index contributed by atoms with van der Waals surface area (Å²) in [6.07, 6.45) is 1.80. The third-order valence-corrected chi connectivity index (χ3v) is 1.70. The van der Waals surface area contributed by atoms with Crippen molar-refractivity contribution < 1.29 is 9.53 Å². The molecule has 0 aliphatic carbocycles. The summed E-state index contributed by atoms with van der Waals surface area (Å²) in [7, 11) is 3.66. The van der Waals surface area contributed by atoms with Gasteiger partial charge in [0.05, 0.1) is 0 Å². The molecule has 0 atom stereocenters. The van der Waals surface area contributed by atoms with Gasteiger partial charge in [0.25, 0.3) is 0 Å². The van der Waals surface area contributed by atoms with Crippen LogP contribution >= 0.6 is 0 Å². The van der Waals surface area contributed by atoms with E-state index in [-0.39, 0.29) is 5.97 Å². The van der Waals surface area contributed by atoms with E-state index in [0.29, 0.717) is 11.2 Å². The smallest absolute Gasteiger partial charge is 0.329 e. The van der Waals surface area contributed by atoms with E-state index in [1.54, 1.807) is 13.9 Å². The van der Waals surface area contributed by atoms with Crippen molar-refractivity contribution >= 4 is 21.7 Å². The van der Waals surface area contributed by atoms with E-state index in [1.165, 1.54) is 0 Å². The molecule has 1 aliphatic rings. The van der Waals surface area contributed by atoms with E-state index in [0.717, 1.165) is 5.47 Å². The van der Waals surface area contributed by atoms with Crippen molar-refractivity contribution in [1.82, 2.24) is 0 Å². The molecule has 1 aliphatic heterocycles. The number of hydrogen-bond acceptors (Lipinski definition) is 2. The Morgan fingerprint density at radius 2 is 2.00 bits per heavy atom. The molecule has 0 amide bonds. The van der Waals surface area contributed by atoms with E-state index in [2.05, 4.69) is 0 Å². The summed E-state index contributed by atoms with van der Waals surface area (Å²) in [5.41, 5.74) is 1.67.